The van der Waals surface area contributed by atoms with Crippen LogP contribution >= 0.6 is 27.3 Å². The van der Waals surface area contributed by atoms with Gasteiger partial charge in [-0.3, -0.25) is 0 Å². The lowest BCUT2D eigenvalue weighted by molar-refractivity contribution is 0.584. The molecule has 0 aliphatic heterocycles. The molecule has 0 bridgehead atoms. The number of rotatable bonds is 6. The molecule has 0 radical (unpaired) electrons. The van der Waals surface area contributed by atoms with Gasteiger partial charge in [0.2, 0.25) is 5.95 Å². The van der Waals surface area contributed by atoms with Gasteiger partial charge in [0.05, 0.1) is 6.54 Å². The van der Waals surface area contributed by atoms with E-state index in [1.54, 1.807) is 11.3 Å². The molecule has 2 heterocycles. The molecule has 0 aliphatic rings. The van der Waals surface area contributed by atoms with E-state index >= 15 is 0 Å². The van der Waals surface area contributed by atoms with Gasteiger partial charge in [0.1, 0.15) is 0 Å². The Balaban J connectivity index is 2.04. The van der Waals surface area contributed by atoms with E-state index in [0.29, 0.717) is 6.04 Å². The van der Waals surface area contributed by atoms with Gasteiger partial charge in [-0.2, -0.15) is 0 Å². The first kappa shape index (κ1) is 16.4. The highest BCUT2D eigenvalue weighted by molar-refractivity contribution is 9.10. The van der Waals surface area contributed by atoms with Crippen LogP contribution in [0.4, 0.5) is 5.95 Å². The molecule has 1 N–H and O–H groups in total. The van der Waals surface area contributed by atoms with Gasteiger partial charge in [-0.25, -0.2) is 9.97 Å². The van der Waals surface area contributed by atoms with Crippen LogP contribution in [-0.2, 0) is 13.1 Å². The zero-order valence-electron chi connectivity index (χ0n) is 12.9. The third-order valence-corrected chi connectivity index (χ3v) is 4.81. The Morgan fingerprint density at radius 1 is 1.43 bits per heavy atom. The highest BCUT2D eigenvalue weighted by Gasteiger charge is 2.09. The third kappa shape index (κ3) is 4.76. The maximum atomic E-state index is 4.62. The molecule has 2 aromatic rings. The molecule has 0 unspecified atom stereocenters. The highest BCUT2D eigenvalue weighted by atomic mass is 79.9. The Labute approximate surface area is 138 Å². The molecule has 2 aromatic heterocycles. The first-order valence-corrected chi connectivity index (χ1v) is 8.63. The Morgan fingerprint density at radius 2 is 2.19 bits per heavy atom. The van der Waals surface area contributed by atoms with Crippen molar-refractivity contribution in [1.29, 1.82) is 0 Å². The minimum Gasteiger partial charge on any atom is -0.339 e. The summed E-state index contributed by atoms with van der Waals surface area (Å²) in [6.07, 6.45) is 1.92. The molecule has 0 aromatic carbocycles. The molecular weight excluding hydrogens is 348 g/mol. The van der Waals surface area contributed by atoms with Crippen LogP contribution in [0, 0.1) is 6.92 Å². The number of nitrogens with zero attached hydrogens (tertiary/aromatic N) is 3. The van der Waals surface area contributed by atoms with E-state index in [-0.39, 0.29) is 0 Å². The Kier molecular flexibility index (Phi) is 5.72. The van der Waals surface area contributed by atoms with E-state index < -0.39 is 0 Å². The zero-order chi connectivity index (χ0) is 15.4. The van der Waals surface area contributed by atoms with Crippen molar-refractivity contribution >= 4 is 33.2 Å². The van der Waals surface area contributed by atoms with Crippen LogP contribution in [0.15, 0.2) is 22.1 Å². The third-order valence-electron chi connectivity index (χ3n) is 3.13. The maximum absolute atomic E-state index is 4.62. The molecule has 0 atom stereocenters. The van der Waals surface area contributed by atoms with Crippen LogP contribution in [0.25, 0.3) is 0 Å². The fraction of sp³-hybridized carbons (Fsp3) is 0.467. The summed E-state index contributed by atoms with van der Waals surface area (Å²) in [6.45, 7) is 7.94. The van der Waals surface area contributed by atoms with Crippen molar-refractivity contribution < 1.29 is 0 Å². The predicted octanol–water partition coefficient (Wildman–Crippen LogP) is 3.74. The van der Waals surface area contributed by atoms with E-state index in [1.807, 2.05) is 20.2 Å². The number of hydrogen-bond acceptors (Lipinski definition) is 5. The second-order valence-corrected chi connectivity index (χ2v) is 7.32. The quantitative estimate of drug-likeness (QED) is 0.842. The van der Waals surface area contributed by atoms with E-state index in [2.05, 4.69) is 61.4 Å². The van der Waals surface area contributed by atoms with Crippen molar-refractivity contribution in [3.63, 3.8) is 0 Å². The largest absolute Gasteiger partial charge is 0.339 e. The molecule has 0 amide bonds. The second kappa shape index (κ2) is 7.33. The van der Waals surface area contributed by atoms with Crippen molar-refractivity contribution in [2.45, 2.75) is 39.9 Å². The predicted molar refractivity (Wildman–Crippen MR) is 92.9 cm³/mol. The topological polar surface area (TPSA) is 41.1 Å². The van der Waals surface area contributed by atoms with Crippen LogP contribution < -0.4 is 10.2 Å². The van der Waals surface area contributed by atoms with E-state index in [1.165, 1.54) is 4.88 Å². The number of halogens is 1. The Morgan fingerprint density at radius 3 is 2.76 bits per heavy atom. The smallest absolute Gasteiger partial charge is 0.225 e. The van der Waals surface area contributed by atoms with Crippen LogP contribution in [-0.4, -0.2) is 23.1 Å². The van der Waals surface area contributed by atoms with Gasteiger partial charge in [-0.15, -0.1) is 11.3 Å². The number of aryl methyl sites for hydroxylation is 1. The number of thiophene rings is 1. The average Bonchev–Trinajstić information content (AvgIpc) is 2.82. The monoisotopic (exact) mass is 368 g/mol. The van der Waals surface area contributed by atoms with Gasteiger partial charge in [0.15, 0.2) is 0 Å². The number of anilines is 1. The van der Waals surface area contributed by atoms with Gasteiger partial charge >= 0.3 is 0 Å². The Hall–Kier alpha value is -0.980. The molecule has 6 heteroatoms. The summed E-state index contributed by atoms with van der Waals surface area (Å²) in [7, 11) is 2.02. The van der Waals surface area contributed by atoms with E-state index in [4.69, 9.17) is 0 Å². The summed E-state index contributed by atoms with van der Waals surface area (Å²) in [5, 5.41) is 5.49. The highest BCUT2D eigenvalue weighted by Crippen LogP contribution is 2.22. The summed E-state index contributed by atoms with van der Waals surface area (Å²) < 4.78 is 1.13. The molecular formula is C15H21BrN4S. The number of hydrogen-bond donors (Lipinski definition) is 1. The lowest BCUT2D eigenvalue weighted by Crippen LogP contribution is -2.23. The minimum absolute atomic E-state index is 0.462. The van der Waals surface area contributed by atoms with Gasteiger partial charge in [-0.05, 0) is 28.9 Å². The number of aromatic nitrogens is 2. The average molecular weight is 369 g/mol. The number of nitrogens with one attached hydrogen (secondary N) is 1. The van der Waals surface area contributed by atoms with Crippen LogP contribution in [0.5, 0.6) is 0 Å². The summed E-state index contributed by atoms with van der Waals surface area (Å²) in [6, 6.07) is 2.60. The van der Waals surface area contributed by atoms with Gasteiger partial charge in [0.25, 0.3) is 0 Å². The maximum Gasteiger partial charge on any atom is 0.225 e. The first-order valence-electron chi connectivity index (χ1n) is 6.95. The molecule has 21 heavy (non-hydrogen) atoms. The zero-order valence-corrected chi connectivity index (χ0v) is 15.3. The van der Waals surface area contributed by atoms with E-state index in [0.717, 1.165) is 34.8 Å². The SMILES string of the molecule is Cc1nc(N(C)Cc2cc(Br)cs2)ncc1CNC(C)C. The molecule has 0 saturated heterocycles. The van der Waals surface area contributed by atoms with Crippen LogP contribution in [0.3, 0.4) is 0 Å². The second-order valence-electron chi connectivity index (χ2n) is 5.40. The molecule has 0 fully saturated rings. The minimum atomic E-state index is 0.462. The lowest BCUT2D eigenvalue weighted by atomic mass is 10.2. The summed E-state index contributed by atoms with van der Waals surface area (Å²) >= 11 is 5.22. The van der Waals surface area contributed by atoms with Crippen molar-refractivity contribution in [1.82, 2.24) is 15.3 Å². The van der Waals surface area contributed by atoms with Crippen molar-refractivity contribution in [3.05, 3.63) is 38.3 Å². The molecule has 4 nitrogen and oxygen atoms in total. The fourth-order valence-corrected chi connectivity index (χ4v) is 3.40. The van der Waals surface area contributed by atoms with Crippen molar-refractivity contribution in [3.8, 4) is 0 Å². The molecule has 0 spiro atoms. The van der Waals surface area contributed by atoms with Crippen molar-refractivity contribution in [2.75, 3.05) is 11.9 Å². The summed E-state index contributed by atoms with van der Waals surface area (Å²) in [4.78, 5) is 12.5. The fourth-order valence-electron chi connectivity index (χ4n) is 1.89. The Bertz CT molecular complexity index is 597. The van der Waals surface area contributed by atoms with Gasteiger partial charge in [0, 0.05) is 51.8 Å². The summed E-state index contributed by atoms with van der Waals surface area (Å²) in [5.74, 6) is 0.769. The molecule has 114 valence electrons. The van der Waals surface area contributed by atoms with Crippen LogP contribution in [0.2, 0.25) is 0 Å². The van der Waals surface area contributed by atoms with E-state index in [9.17, 15) is 0 Å². The van der Waals surface area contributed by atoms with Crippen molar-refractivity contribution in [2.24, 2.45) is 0 Å². The van der Waals surface area contributed by atoms with Gasteiger partial charge in [-0.1, -0.05) is 13.8 Å². The normalized spacial score (nSPS) is 11.1. The standard InChI is InChI=1S/C15H21BrN4S/c1-10(2)17-6-12-7-18-15(19-11(12)3)20(4)8-14-5-13(16)9-21-14/h5,7,9-10,17H,6,8H2,1-4H3. The molecule has 0 saturated carbocycles. The first-order chi connectivity index (χ1) is 9.95. The molecule has 2 rings (SSSR count). The molecule has 0 aliphatic carbocycles. The van der Waals surface area contributed by atoms with Gasteiger partial charge < -0.3 is 10.2 Å². The summed E-state index contributed by atoms with van der Waals surface area (Å²) in [5.41, 5.74) is 2.19. The van der Waals surface area contributed by atoms with Crippen LogP contribution in [0.1, 0.15) is 30.0 Å². The lowest BCUT2D eigenvalue weighted by Gasteiger charge is -2.17.